The topological polar surface area (TPSA) is 75.2 Å². The van der Waals surface area contributed by atoms with E-state index in [2.05, 4.69) is 160 Å². The van der Waals surface area contributed by atoms with Gasteiger partial charge in [-0.1, -0.05) is 66.7 Å². The van der Waals surface area contributed by atoms with E-state index in [0.717, 1.165) is 78.4 Å². The second kappa shape index (κ2) is 9.67. The van der Waals surface area contributed by atoms with Crippen molar-refractivity contribution in [2.75, 3.05) is 0 Å². The lowest BCUT2D eigenvalue weighted by atomic mass is 10.1. The summed E-state index contributed by atoms with van der Waals surface area (Å²) in [5.41, 5.74) is 13.1. The molecule has 0 unspecified atom stereocenters. The molecule has 9 heteroatoms. The summed E-state index contributed by atoms with van der Waals surface area (Å²) in [7, 11) is 0. The van der Waals surface area contributed by atoms with Crippen LogP contribution in [0.1, 0.15) is 0 Å². The summed E-state index contributed by atoms with van der Waals surface area (Å²) < 4.78 is 11.2. The lowest BCUT2D eigenvalue weighted by Crippen LogP contribution is -2.00. The summed E-state index contributed by atoms with van der Waals surface area (Å²) >= 11 is 0. The Bertz CT molecular complexity index is 3390. The van der Waals surface area contributed by atoms with E-state index in [1.807, 2.05) is 12.1 Å². The molecular formula is C42H25N9. The summed E-state index contributed by atoms with van der Waals surface area (Å²) in [6, 6.07) is 49.3. The zero-order valence-corrected chi connectivity index (χ0v) is 27.0. The minimum Gasteiger partial charge on any atom is -0.309 e. The van der Waals surface area contributed by atoms with Crippen LogP contribution in [-0.2, 0) is 0 Å². The van der Waals surface area contributed by atoms with Crippen LogP contribution in [0.4, 0.5) is 0 Å². The van der Waals surface area contributed by atoms with Crippen LogP contribution in [0.2, 0.25) is 0 Å². The van der Waals surface area contributed by atoms with Gasteiger partial charge in [-0.3, -0.25) is 17.9 Å². The lowest BCUT2D eigenvalue weighted by molar-refractivity contribution is 1.09. The molecule has 12 rings (SSSR count). The molecule has 0 aliphatic heterocycles. The molecule has 0 amide bonds. The highest BCUT2D eigenvalue weighted by Gasteiger charge is 2.21. The molecule has 51 heavy (non-hydrogen) atoms. The maximum Gasteiger partial charge on any atom is 0.223 e. The van der Waals surface area contributed by atoms with Crippen LogP contribution < -0.4 is 0 Å². The van der Waals surface area contributed by atoms with Crippen molar-refractivity contribution in [1.82, 2.24) is 42.4 Å². The van der Waals surface area contributed by atoms with Gasteiger partial charge in [0.1, 0.15) is 0 Å². The van der Waals surface area contributed by atoms with Crippen molar-refractivity contribution in [3.05, 3.63) is 152 Å². The number of imidazole rings is 4. The number of nitrogens with zero attached hydrogens (tertiary/aromatic N) is 9. The number of aromatic nitrogens is 9. The van der Waals surface area contributed by atoms with E-state index in [1.54, 1.807) is 12.4 Å². The second-order valence-electron chi connectivity index (χ2n) is 12.9. The van der Waals surface area contributed by atoms with Gasteiger partial charge < -0.3 is 4.57 Å². The first-order chi connectivity index (χ1) is 25.3. The van der Waals surface area contributed by atoms with E-state index in [-0.39, 0.29) is 0 Å². The smallest absolute Gasteiger partial charge is 0.223 e. The van der Waals surface area contributed by atoms with Crippen LogP contribution >= 0.6 is 0 Å². The summed E-state index contributed by atoms with van der Waals surface area (Å²) in [6.07, 6.45) is 3.41. The number of hydrogen-bond donors (Lipinski definition) is 0. The Hall–Kier alpha value is -7.26. The molecule has 0 saturated heterocycles. The Morgan fingerprint density at radius 1 is 0.373 bits per heavy atom. The van der Waals surface area contributed by atoms with Gasteiger partial charge in [-0.05, 0) is 72.8 Å². The van der Waals surface area contributed by atoms with E-state index in [4.69, 9.17) is 9.97 Å². The highest BCUT2D eigenvalue weighted by Crippen LogP contribution is 2.37. The van der Waals surface area contributed by atoms with E-state index < -0.39 is 0 Å². The predicted molar refractivity (Wildman–Crippen MR) is 203 cm³/mol. The Kier molecular flexibility index (Phi) is 5.06. The van der Waals surface area contributed by atoms with Crippen LogP contribution in [-0.4, -0.2) is 42.4 Å². The third kappa shape index (κ3) is 3.48. The first-order valence-electron chi connectivity index (χ1n) is 16.9. The molecule has 6 heterocycles. The Balaban J connectivity index is 1.13. The average molecular weight is 656 g/mol. The molecule has 0 aliphatic carbocycles. The Morgan fingerprint density at radius 3 is 1.76 bits per heavy atom. The van der Waals surface area contributed by atoms with Gasteiger partial charge in [0.15, 0.2) is 11.3 Å². The average Bonchev–Trinajstić information content (AvgIpc) is 3.97. The van der Waals surface area contributed by atoms with E-state index in [0.29, 0.717) is 5.65 Å². The van der Waals surface area contributed by atoms with Gasteiger partial charge in [0.2, 0.25) is 11.6 Å². The lowest BCUT2D eigenvalue weighted by Gasteiger charge is -2.12. The van der Waals surface area contributed by atoms with Crippen LogP contribution in [0.15, 0.2) is 152 Å². The van der Waals surface area contributed by atoms with Gasteiger partial charge in [0.05, 0.1) is 55.5 Å². The number of fused-ring (bicyclic) bond motifs is 13. The number of rotatable bonds is 3. The Morgan fingerprint density at radius 2 is 0.961 bits per heavy atom. The summed E-state index contributed by atoms with van der Waals surface area (Å²) in [4.78, 5) is 19.3. The fraction of sp³-hybridized carbons (Fsp3) is 0. The van der Waals surface area contributed by atoms with Gasteiger partial charge >= 0.3 is 0 Å². The normalized spacial score (nSPS) is 12.3. The van der Waals surface area contributed by atoms with Gasteiger partial charge in [-0.25, -0.2) is 15.0 Å². The fourth-order valence-electron chi connectivity index (χ4n) is 8.13. The molecule has 6 aromatic carbocycles. The maximum atomic E-state index is 5.14. The molecule has 0 N–H and O–H groups in total. The molecule has 9 nitrogen and oxygen atoms in total. The number of para-hydroxylation sites is 7. The molecule has 0 aliphatic rings. The first kappa shape index (κ1) is 26.7. The maximum absolute atomic E-state index is 5.14. The van der Waals surface area contributed by atoms with E-state index in [9.17, 15) is 0 Å². The third-order valence-corrected chi connectivity index (χ3v) is 10.2. The summed E-state index contributed by atoms with van der Waals surface area (Å²) in [6.45, 7) is 0. The molecule has 238 valence electrons. The summed E-state index contributed by atoms with van der Waals surface area (Å²) in [5.74, 6) is 1.66. The van der Waals surface area contributed by atoms with Crippen molar-refractivity contribution in [3.63, 3.8) is 0 Å². The number of hydrogen-bond acceptors (Lipinski definition) is 4. The molecule has 12 aromatic rings. The molecule has 0 bridgehead atoms. The van der Waals surface area contributed by atoms with Gasteiger partial charge in [0.25, 0.3) is 0 Å². The van der Waals surface area contributed by atoms with Crippen molar-refractivity contribution in [3.8, 4) is 17.1 Å². The van der Waals surface area contributed by atoms with Crippen LogP contribution in [0.25, 0.3) is 94.8 Å². The van der Waals surface area contributed by atoms with Crippen LogP contribution in [0, 0.1) is 0 Å². The number of benzene rings is 6. The molecule has 0 saturated carbocycles. The van der Waals surface area contributed by atoms with E-state index in [1.165, 1.54) is 10.8 Å². The molecule has 0 fully saturated rings. The van der Waals surface area contributed by atoms with Crippen molar-refractivity contribution in [2.45, 2.75) is 0 Å². The van der Waals surface area contributed by atoms with Crippen LogP contribution in [0.3, 0.4) is 0 Å². The molecular weight excluding hydrogens is 631 g/mol. The predicted octanol–water partition coefficient (Wildman–Crippen LogP) is 9.06. The first-order valence-corrected chi connectivity index (χ1v) is 16.9. The third-order valence-electron chi connectivity index (χ3n) is 10.2. The highest BCUT2D eigenvalue weighted by atomic mass is 15.2. The van der Waals surface area contributed by atoms with Gasteiger partial charge in [0, 0.05) is 28.9 Å². The Labute approximate surface area is 288 Å². The van der Waals surface area contributed by atoms with Gasteiger partial charge in [-0.15, -0.1) is 0 Å². The van der Waals surface area contributed by atoms with Crippen molar-refractivity contribution in [2.24, 2.45) is 0 Å². The van der Waals surface area contributed by atoms with Crippen molar-refractivity contribution < 1.29 is 0 Å². The minimum atomic E-state index is 0.620. The quantitative estimate of drug-likeness (QED) is 0.190. The highest BCUT2D eigenvalue weighted by molar-refractivity contribution is 6.10. The van der Waals surface area contributed by atoms with E-state index >= 15 is 0 Å². The van der Waals surface area contributed by atoms with Gasteiger partial charge in [-0.2, -0.15) is 4.98 Å². The SMILES string of the molecule is c1cc(-n2c3ccccc3c3ccc(-n4c5ccccc5n5c6ccccc6nc45)cc32)cc(-n2c3ccccc3n3c4nccnc4nc23)c1. The molecule has 0 spiro atoms. The van der Waals surface area contributed by atoms with Crippen molar-refractivity contribution in [1.29, 1.82) is 0 Å². The molecule has 0 radical (unpaired) electrons. The zero-order chi connectivity index (χ0) is 33.2. The monoisotopic (exact) mass is 655 g/mol. The molecule has 0 atom stereocenters. The standard InChI is InChI=1S/C42H25N9/c1-3-14-32-29(12-1)30-21-20-28(49-34-16-5-7-18-36(34)50-33-15-4-2-13-31(33)45-41(49)50)25-38(30)47(32)26-10-9-11-27(24-26)48-35-17-6-8-19-37(35)51-40-39(46-42(48)51)43-22-23-44-40/h1-25H. The van der Waals surface area contributed by atoms with Crippen LogP contribution in [0.5, 0.6) is 0 Å². The molecule has 6 aromatic heterocycles. The summed E-state index contributed by atoms with van der Waals surface area (Å²) in [5, 5.41) is 2.38. The largest absolute Gasteiger partial charge is 0.309 e. The second-order valence-corrected chi connectivity index (χ2v) is 12.9. The van der Waals surface area contributed by atoms with Crippen molar-refractivity contribution >= 4 is 77.8 Å². The fourth-order valence-corrected chi connectivity index (χ4v) is 8.13. The minimum absolute atomic E-state index is 0.620. The zero-order valence-electron chi connectivity index (χ0n) is 27.0.